The van der Waals surface area contributed by atoms with Gasteiger partial charge in [-0.1, -0.05) is 30.3 Å². The first kappa shape index (κ1) is 15.5. The Kier molecular flexibility index (Phi) is 6.02. The molecule has 0 saturated carbocycles. The van der Waals surface area contributed by atoms with E-state index in [0.29, 0.717) is 5.56 Å². The summed E-state index contributed by atoms with van der Waals surface area (Å²) in [7, 11) is 1.25. The topological polar surface area (TPSA) is 105 Å². The maximum Gasteiger partial charge on any atom is 0.330 e. The Morgan fingerprint density at radius 2 is 1.90 bits per heavy atom. The molecule has 0 spiro atoms. The summed E-state index contributed by atoms with van der Waals surface area (Å²) in [6, 6.07) is 6.52. The molecule has 108 valence electrons. The van der Waals surface area contributed by atoms with Crippen molar-refractivity contribution in [3.63, 3.8) is 0 Å². The second-order valence-electron chi connectivity index (χ2n) is 3.91. The maximum atomic E-state index is 11.6. The number of hydrogen-bond donors (Lipinski definition) is 3. The van der Waals surface area contributed by atoms with Gasteiger partial charge in [0.2, 0.25) is 0 Å². The van der Waals surface area contributed by atoms with Gasteiger partial charge in [-0.15, -0.1) is 0 Å². The molecule has 3 N–H and O–H groups in total. The quantitative estimate of drug-likeness (QED) is 0.664. The van der Waals surface area contributed by atoms with Gasteiger partial charge in [-0.2, -0.15) is 0 Å². The van der Waals surface area contributed by atoms with E-state index in [1.54, 1.807) is 30.3 Å². The maximum absolute atomic E-state index is 11.6. The number of methoxy groups -OCH3 is 1. The summed E-state index contributed by atoms with van der Waals surface area (Å²) in [4.78, 5) is 33.6. The van der Waals surface area contributed by atoms with E-state index in [4.69, 9.17) is 5.11 Å². The minimum absolute atomic E-state index is 0.0208. The molecular formula is C13H16N2O5. The second-order valence-corrected chi connectivity index (χ2v) is 3.91. The summed E-state index contributed by atoms with van der Waals surface area (Å²) in [5.41, 5.74) is 0.461. The average molecular weight is 280 g/mol. The summed E-state index contributed by atoms with van der Waals surface area (Å²) in [6.45, 7) is 0.0691. The molecule has 0 saturated heterocycles. The Bertz CT molecular complexity index is 475. The molecule has 1 aromatic rings. The largest absolute Gasteiger partial charge is 0.479 e. The normalized spacial score (nSPS) is 11.2. The third-order valence-electron chi connectivity index (χ3n) is 2.50. The number of carboxylic acids is 1. The molecule has 7 heteroatoms. The third kappa shape index (κ3) is 4.97. The lowest BCUT2D eigenvalue weighted by Crippen LogP contribution is -2.41. The van der Waals surface area contributed by atoms with Gasteiger partial charge in [-0.05, 0) is 5.56 Å². The number of carbonyl (C=O) groups is 3. The highest BCUT2D eigenvalue weighted by molar-refractivity contribution is 5.83. The molecule has 0 bridgehead atoms. The van der Waals surface area contributed by atoms with Crippen LogP contribution in [0.4, 0.5) is 4.79 Å². The first-order chi connectivity index (χ1) is 9.54. The minimum Gasteiger partial charge on any atom is -0.479 e. The number of aliphatic carboxylic acids is 1. The van der Waals surface area contributed by atoms with Gasteiger partial charge in [0.1, 0.15) is 0 Å². The second kappa shape index (κ2) is 7.78. The molecule has 2 amide bonds. The first-order valence-electron chi connectivity index (χ1n) is 5.93. The van der Waals surface area contributed by atoms with E-state index in [1.165, 1.54) is 7.11 Å². The lowest BCUT2D eigenvalue weighted by Gasteiger charge is -2.15. The fraction of sp³-hybridized carbons (Fsp3) is 0.308. The number of hydrogen-bond acceptors (Lipinski definition) is 4. The number of carbonyl (C=O) groups excluding carboxylic acids is 2. The van der Waals surface area contributed by atoms with Crippen LogP contribution >= 0.6 is 0 Å². The highest BCUT2D eigenvalue weighted by atomic mass is 16.5. The zero-order valence-electron chi connectivity index (χ0n) is 11.0. The minimum atomic E-state index is -1.17. The lowest BCUT2D eigenvalue weighted by atomic mass is 10.1. The van der Waals surface area contributed by atoms with Crippen LogP contribution in [-0.2, 0) is 14.3 Å². The Morgan fingerprint density at radius 1 is 1.25 bits per heavy atom. The van der Waals surface area contributed by atoms with E-state index in [1.807, 2.05) is 0 Å². The summed E-state index contributed by atoms with van der Waals surface area (Å²) in [6.07, 6.45) is 0.0208. The smallest absolute Gasteiger partial charge is 0.330 e. The molecule has 0 aliphatic heterocycles. The molecule has 0 aromatic heterocycles. The summed E-state index contributed by atoms with van der Waals surface area (Å²) in [5, 5.41) is 13.8. The number of esters is 1. The van der Waals surface area contributed by atoms with Crippen molar-refractivity contribution >= 4 is 18.0 Å². The molecule has 1 aromatic carbocycles. The van der Waals surface area contributed by atoms with E-state index >= 15 is 0 Å². The van der Waals surface area contributed by atoms with Crippen LogP contribution in [0.1, 0.15) is 18.0 Å². The number of urea groups is 1. The zero-order chi connectivity index (χ0) is 15.0. The van der Waals surface area contributed by atoms with E-state index in [0.717, 1.165) is 0 Å². The fourth-order valence-electron chi connectivity index (χ4n) is 1.50. The predicted molar refractivity (Wildman–Crippen MR) is 70.0 cm³/mol. The fourth-order valence-corrected chi connectivity index (χ4v) is 1.50. The van der Waals surface area contributed by atoms with Crippen LogP contribution in [0.2, 0.25) is 0 Å². The number of ether oxygens (including phenoxy) is 1. The lowest BCUT2D eigenvalue weighted by molar-refractivity contribution is -0.141. The Labute approximate surface area is 115 Å². The Hall–Kier alpha value is -2.57. The van der Waals surface area contributed by atoms with Crippen LogP contribution in [-0.4, -0.2) is 36.7 Å². The average Bonchev–Trinajstić information content (AvgIpc) is 2.45. The van der Waals surface area contributed by atoms with Gasteiger partial charge in [-0.3, -0.25) is 4.79 Å². The van der Waals surface area contributed by atoms with Crippen molar-refractivity contribution in [1.82, 2.24) is 10.6 Å². The van der Waals surface area contributed by atoms with E-state index in [9.17, 15) is 14.4 Å². The number of rotatable bonds is 6. The number of benzene rings is 1. The van der Waals surface area contributed by atoms with Gasteiger partial charge in [0.25, 0.3) is 0 Å². The van der Waals surface area contributed by atoms with Crippen molar-refractivity contribution in [2.45, 2.75) is 12.5 Å². The van der Waals surface area contributed by atoms with Crippen LogP contribution < -0.4 is 10.6 Å². The molecular weight excluding hydrogens is 264 g/mol. The van der Waals surface area contributed by atoms with Crippen LogP contribution in [0.5, 0.6) is 0 Å². The van der Waals surface area contributed by atoms with Crippen molar-refractivity contribution in [3.8, 4) is 0 Å². The molecule has 0 heterocycles. The van der Waals surface area contributed by atoms with Crippen LogP contribution in [0.25, 0.3) is 0 Å². The first-order valence-corrected chi connectivity index (χ1v) is 5.93. The molecule has 1 rings (SSSR count). The molecule has 1 atom stereocenters. The van der Waals surface area contributed by atoms with Crippen molar-refractivity contribution in [1.29, 1.82) is 0 Å². The summed E-state index contributed by atoms with van der Waals surface area (Å²) in [5.74, 6) is -1.62. The highest BCUT2D eigenvalue weighted by Gasteiger charge is 2.21. The SMILES string of the molecule is COC(=O)CCNC(=O)N[C@H](C(=O)O)c1ccccc1. The van der Waals surface area contributed by atoms with Crippen LogP contribution in [0.15, 0.2) is 30.3 Å². The molecule has 0 aliphatic rings. The molecule has 7 nitrogen and oxygen atoms in total. The van der Waals surface area contributed by atoms with Crippen molar-refractivity contribution in [2.24, 2.45) is 0 Å². The third-order valence-corrected chi connectivity index (χ3v) is 2.50. The molecule has 20 heavy (non-hydrogen) atoms. The van der Waals surface area contributed by atoms with E-state index in [2.05, 4.69) is 15.4 Å². The van der Waals surface area contributed by atoms with Crippen molar-refractivity contribution in [2.75, 3.05) is 13.7 Å². The van der Waals surface area contributed by atoms with Gasteiger partial charge < -0.3 is 20.5 Å². The van der Waals surface area contributed by atoms with Gasteiger partial charge in [-0.25, -0.2) is 9.59 Å². The number of nitrogens with one attached hydrogen (secondary N) is 2. The van der Waals surface area contributed by atoms with Gasteiger partial charge >= 0.3 is 18.0 Å². The molecule has 0 radical (unpaired) electrons. The van der Waals surface area contributed by atoms with E-state index < -0.39 is 24.0 Å². The summed E-state index contributed by atoms with van der Waals surface area (Å²) < 4.78 is 4.42. The number of carboxylic acid groups (broad SMARTS) is 1. The molecule has 0 fully saturated rings. The van der Waals surface area contributed by atoms with Crippen LogP contribution in [0.3, 0.4) is 0 Å². The van der Waals surface area contributed by atoms with Gasteiger partial charge in [0.05, 0.1) is 13.5 Å². The van der Waals surface area contributed by atoms with Gasteiger partial charge in [0, 0.05) is 6.54 Å². The standard InChI is InChI=1S/C13H16N2O5/c1-20-10(16)7-8-14-13(19)15-11(12(17)18)9-5-3-2-4-6-9/h2-6,11H,7-8H2,1H3,(H,17,18)(H2,14,15,19)/t11-/m0/s1. The monoisotopic (exact) mass is 280 g/mol. The van der Waals surface area contributed by atoms with Crippen LogP contribution in [0, 0.1) is 0 Å². The Morgan fingerprint density at radius 3 is 2.45 bits per heavy atom. The van der Waals surface area contributed by atoms with E-state index in [-0.39, 0.29) is 13.0 Å². The highest BCUT2D eigenvalue weighted by Crippen LogP contribution is 2.12. The predicted octanol–water partition coefficient (Wildman–Crippen LogP) is 0.675. The molecule has 0 unspecified atom stereocenters. The summed E-state index contributed by atoms with van der Waals surface area (Å²) >= 11 is 0. The van der Waals surface area contributed by atoms with Crippen molar-refractivity contribution in [3.05, 3.63) is 35.9 Å². The Balaban J connectivity index is 2.53. The molecule has 0 aliphatic carbocycles. The zero-order valence-corrected chi connectivity index (χ0v) is 11.0. The van der Waals surface area contributed by atoms with Crippen molar-refractivity contribution < 1.29 is 24.2 Å². The number of amides is 2. The van der Waals surface area contributed by atoms with Gasteiger partial charge in [0.15, 0.2) is 6.04 Å².